The fourth-order valence-corrected chi connectivity index (χ4v) is 1.67. The minimum atomic E-state index is -4.23. The van der Waals surface area contributed by atoms with Crippen LogP contribution in [0.1, 0.15) is 12.5 Å². The van der Waals surface area contributed by atoms with E-state index >= 15 is 0 Å². The van der Waals surface area contributed by atoms with E-state index in [1.165, 1.54) is 5.56 Å². The molecule has 4 heteroatoms. The molecule has 0 aliphatic rings. The second-order valence-corrected chi connectivity index (χ2v) is 3.94. The lowest BCUT2D eigenvalue weighted by Crippen LogP contribution is -1.99. The maximum atomic E-state index is 11.8. The summed E-state index contributed by atoms with van der Waals surface area (Å²) in [7, 11) is 0. The highest BCUT2D eigenvalue weighted by Crippen LogP contribution is 2.23. The van der Waals surface area contributed by atoms with Crippen LogP contribution in [0.15, 0.2) is 40.6 Å². The van der Waals surface area contributed by atoms with Crippen molar-refractivity contribution in [2.75, 3.05) is 0 Å². The minimum Gasteiger partial charge on any atom is -0.167 e. The van der Waals surface area contributed by atoms with E-state index < -0.39 is 6.18 Å². The Morgan fingerprint density at radius 3 is 2.27 bits per heavy atom. The predicted octanol–water partition coefficient (Wildman–Crippen LogP) is 4.42. The number of benzene rings is 1. The Bertz CT molecular complexity index is 325. The molecule has 0 spiro atoms. The Kier molecular flexibility index (Phi) is 4.27. The maximum Gasteiger partial charge on any atom is 0.410 e. The van der Waals surface area contributed by atoms with E-state index in [4.69, 9.17) is 0 Å². The van der Waals surface area contributed by atoms with Crippen molar-refractivity contribution in [3.63, 3.8) is 0 Å². The lowest BCUT2D eigenvalue weighted by molar-refractivity contribution is -0.0796. The van der Waals surface area contributed by atoms with E-state index in [0.29, 0.717) is 0 Å². The maximum absolute atomic E-state index is 11.8. The third kappa shape index (κ3) is 4.93. The van der Waals surface area contributed by atoms with E-state index in [1.807, 2.05) is 31.2 Å². The molecule has 0 unspecified atom stereocenters. The summed E-state index contributed by atoms with van der Waals surface area (Å²) < 4.78 is 35.3. The number of thioether (sulfide) groups is 1. The standard InChI is InChI=1S/C11H11F3S/c1-2-9-3-5-10(6-4-9)15-8-7-11(12,13)14/h3-8H,2H2,1H3/b8-7+. The molecule has 15 heavy (non-hydrogen) atoms. The summed E-state index contributed by atoms with van der Waals surface area (Å²) in [6, 6.07) is 7.49. The summed E-state index contributed by atoms with van der Waals surface area (Å²) >= 11 is 1.07. The quantitative estimate of drug-likeness (QED) is 0.695. The lowest BCUT2D eigenvalue weighted by atomic mass is 10.2. The molecule has 1 aromatic carbocycles. The first-order chi connectivity index (χ1) is 7.01. The van der Waals surface area contributed by atoms with Crippen molar-refractivity contribution in [3.05, 3.63) is 41.3 Å². The molecule has 0 bridgehead atoms. The molecule has 0 heterocycles. The molecule has 0 atom stereocenters. The van der Waals surface area contributed by atoms with Gasteiger partial charge in [-0.1, -0.05) is 30.8 Å². The Morgan fingerprint density at radius 1 is 1.20 bits per heavy atom. The number of alkyl halides is 3. The highest BCUT2D eigenvalue weighted by atomic mass is 32.2. The van der Waals surface area contributed by atoms with E-state index in [9.17, 15) is 13.2 Å². The Labute approximate surface area is 91.2 Å². The average Bonchev–Trinajstić information content (AvgIpc) is 2.17. The van der Waals surface area contributed by atoms with Gasteiger partial charge in [-0.25, -0.2) is 0 Å². The van der Waals surface area contributed by atoms with Gasteiger partial charge >= 0.3 is 6.18 Å². The van der Waals surface area contributed by atoms with Crippen LogP contribution in [0, 0.1) is 0 Å². The largest absolute Gasteiger partial charge is 0.410 e. The van der Waals surface area contributed by atoms with Crippen molar-refractivity contribution < 1.29 is 13.2 Å². The molecule has 0 saturated heterocycles. The molecule has 0 aliphatic heterocycles. The van der Waals surface area contributed by atoms with Gasteiger partial charge in [-0.15, -0.1) is 0 Å². The van der Waals surface area contributed by atoms with Gasteiger partial charge in [-0.2, -0.15) is 13.2 Å². The topological polar surface area (TPSA) is 0 Å². The molecule has 0 saturated carbocycles. The van der Waals surface area contributed by atoms with Gasteiger partial charge in [-0.3, -0.25) is 0 Å². The SMILES string of the molecule is CCc1ccc(S/C=C/C(F)(F)F)cc1. The molecule has 0 nitrogen and oxygen atoms in total. The highest BCUT2D eigenvalue weighted by molar-refractivity contribution is 8.02. The Hall–Kier alpha value is -0.900. The zero-order chi connectivity index (χ0) is 11.3. The molecule has 0 amide bonds. The minimum absolute atomic E-state index is 0.241. The normalized spacial score (nSPS) is 12.3. The summed E-state index contributed by atoms with van der Waals surface area (Å²) in [4.78, 5) is 0.813. The van der Waals surface area contributed by atoms with Crippen molar-refractivity contribution in [1.82, 2.24) is 0 Å². The van der Waals surface area contributed by atoms with Crippen molar-refractivity contribution in [1.29, 1.82) is 0 Å². The van der Waals surface area contributed by atoms with Crippen molar-refractivity contribution in [3.8, 4) is 0 Å². The third-order valence-corrected chi connectivity index (χ3v) is 2.61. The second kappa shape index (κ2) is 5.26. The van der Waals surface area contributed by atoms with E-state index in [2.05, 4.69) is 0 Å². The van der Waals surface area contributed by atoms with E-state index in [1.54, 1.807) is 0 Å². The highest BCUT2D eigenvalue weighted by Gasteiger charge is 2.21. The van der Waals surface area contributed by atoms with Crippen molar-refractivity contribution in [2.45, 2.75) is 24.4 Å². The van der Waals surface area contributed by atoms with Crippen LogP contribution in [0.25, 0.3) is 0 Å². The molecule has 1 rings (SSSR count). The van der Waals surface area contributed by atoms with Gasteiger partial charge in [0, 0.05) is 11.0 Å². The second-order valence-electron chi connectivity index (χ2n) is 2.96. The molecule has 1 aromatic rings. The van der Waals surface area contributed by atoms with Crippen LogP contribution in [0.3, 0.4) is 0 Å². The average molecular weight is 232 g/mol. The van der Waals surface area contributed by atoms with Crippen LogP contribution in [-0.4, -0.2) is 6.18 Å². The molecule has 0 aliphatic carbocycles. The number of rotatable bonds is 3. The summed E-state index contributed by atoms with van der Waals surface area (Å²) in [5, 5.41) is 1.06. The molecular formula is C11H11F3S. The van der Waals surface area contributed by atoms with Crippen LogP contribution in [0.5, 0.6) is 0 Å². The zero-order valence-electron chi connectivity index (χ0n) is 8.21. The summed E-state index contributed by atoms with van der Waals surface area (Å²) in [6.45, 7) is 2.03. The van der Waals surface area contributed by atoms with Gasteiger partial charge in [0.25, 0.3) is 0 Å². The van der Waals surface area contributed by atoms with Crippen LogP contribution >= 0.6 is 11.8 Å². The van der Waals surface area contributed by atoms with Gasteiger partial charge in [0.15, 0.2) is 0 Å². The van der Waals surface area contributed by atoms with Crippen LogP contribution in [0.4, 0.5) is 13.2 Å². The van der Waals surface area contributed by atoms with Gasteiger partial charge in [0.1, 0.15) is 0 Å². The van der Waals surface area contributed by atoms with Crippen LogP contribution in [-0.2, 0) is 6.42 Å². The predicted molar refractivity (Wildman–Crippen MR) is 56.9 cm³/mol. The third-order valence-electron chi connectivity index (χ3n) is 1.79. The summed E-state index contributed by atoms with van der Waals surface area (Å²) in [5.41, 5.74) is 1.18. The summed E-state index contributed by atoms with van der Waals surface area (Å²) in [6.07, 6.45) is -3.05. The first kappa shape index (κ1) is 12.2. The monoisotopic (exact) mass is 232 g/mol. The van der Waals surface area contributed by atoms with Gasteiger partial charge < -0.3 is 0 Å². The van der Waals surface area contributed by atoms with E-state index in [0.717, 1.165) is 28.5 Å². The van der Waals surface area contributed by atoms with Crippen LogP contribution in [0.2, 0.25) is 0 Å². The number of halogens is 3. The van der Waals surface area contributed by atoms with Gasteiger partial charge in [0.05, 0.1) is 0 Å². The summed E-state index contributed by atoms with van der Waals surface area (Å²) in [5.74, 6) is 0. The molecule has 82 valence electrons. The first-order valence-electron chi connectivity index (χ1n) is 4.51. The lowest BCUT2D eigenvalue weighted by Gasteiger charge is -2.00. The number of aryl methyl sites for hydroxylation is 1. The number of hydrogen-bond acceptors (Lipinski definition) is 1. The molecular weight excluding hydrogens is 221 g/mol. The zero-order valence-corrected chi connectivity index (χ0v) is 9.03. The fourth-order valence-electron chi connectivity index (χ4n) is 0.993. The number of hydrogen-bond donors (Lipinski definition) is 0. The van der Waals surface area contributed by atoms with E-state index in [-0.39, 0.29) is 6.08 Å². The van der Waals surface area contributed by atoms with Crippen LogP contribution < -0.4 is 0 Å². The molecule has 0 N–H and O–H groups in total. The van der Waals surface area contributed by atoms with Crippen molar-refractivity contribution >= 4 is 11.8 Å². The fraction of sp³-hybridized carbons (Fsp3) is 0.273. The van der Waals surface area contributed by atoms with Gasteiger partial charge in [0.2, 0.25) is 0 Å². The smallest absolute Gasteiger partial charge is 0.167 e. The number of allylic oxidation sites excluding steroid dienone is 1. The Morgan fingerprint density at radius 2 is 1.80 bits per heavy atom. The molecule has 0 radical (unpaired) electrons. The molecule has 0 aromatic heterocycles. The Balaban J connectivity index is 2.55. The first-order valence-corrected chi connectivity index (χ1v) is 5.39. The molecule has 0 fully saturated rings. The van der Waals surface area contributed by atoms with Crippen molar-refractivity contribution in [2.24, 2.45) is 0 Å². The van der Waals surface area contributed by atoms with Gasteiger partial charge in [-0.05, 0) is 29.5 Å².